The molecule has 0 unspecified atom stereocenters. The summed E-state index contributed by atoms with van der Waals surface area (Å²) in [6, 6.07) is 7.65. The minimum absolute atomic E-state index is 0.00236. The van der Waals surface area contributed by atoms with Gasteiger partial charge in [0.15, 0.2) is 0 Å². The predicted molar refractivity (Wildman–Crippen MR) is 103 cm³/mol. The highest BCUT2D eigenvalue weighted by Crippen LogP contribution is 2.29. The molecular weight excluding hydrogens is 342 g/mol. The van der Waals surface area contributed by atoms with E-state index in [-0.39, 0.29) is 30.3 Å². The fourth-order valence-corrected chi connectivity index (χ4v) is 3.33. The van der Waals surface area contributed by atoms with Gasteiger partial charge in [0.25, 0.3) is 0 Å². The Hall–Kier alpha value is -2.50. The highest BCUT2D eigenvalue weighted by atomic mass is 16.3. The van der Waals surface area contributed by atoms with Crippen molar-refractivity contribution >= 4 is 11.8 Å². The van der Waals surface area contributed by atoms with E-state index in [9.17, 15) is 9.59 Å². The topological polar surface area (TPSA) is 58.7 Å². The Morgan fingerprint density at radius 2 is 2.00 bits per heavy atom. The number of carbonyl (C=O) groups excluding carboxylic acids is 2. The molecule has 1 saturated carbocycles. The molecule has 0 N–H and O–H groups in total. The van der Waals surface area contributed by atoms with Crippen LogP contribution in [0.5, 0.6) is 0 Å². The van der Waals surface area contributed by atoms with Crippen LogP contribution in [0.15, 0.2) is 41.1 Å². The fraction of sp³-hybridized carbons (Fsp3) is 0.524. The quantitative estimate of drug-likeness (QED) is 0.716. The summed E-state index contributed by atoms with van der Waals surface area (Å²) >= 11 is 0. The Balaban J connectivity index is 1.74. The van der Waals surface area contributed by atoms with Crippen LogP contribution in [0.4, 0.5) is 0 Å². The second kappa shape index (κ2) is 8.46. The highest BCUT2D eigenvalue weighted by Gasteiger charge is 2.32. The van der Waals surface area contributed by atoms with Crippen LogP contribution in [-0.2, 0) is 29.7 Å². The lowest BCUT2D eigenvalue weighted by molar-refractivity contribution is -0.147. The molecule has 2 heterocycles. The summed E-state index contributed by atoms with van der Waals surface area (Å²) < 4.78 is 7.45. The molecule has 2 aromatic rings. The van der Waals surface area contributed by atoms with Gasteiger partial charge in [-0.15, -0.1) is 0 Å². The maximum absolute atomic E-state index is 13.1. The van der Waals surface area contributed by atoms with Crippen molar-refractivity contribution in [3.05, 3.63) is 48.2 Å². The highest BCUT2D eigenvalue weighted by molar-refractivity contribution is 5.86. The van der Waals surface area contributed by atoms with Gasteiger partial charge in [-0.2, -0.15) is 0 Å². The number of hydrogen-bond donors (Lipinski definition) is 0. The van der Waals surface area contributed by atoms with Gasteiger partial charge in [-0.3, -0.25) is 9.59 Å². The van der Waals surface area contributed by atoms with Crippen LogP contribution in [0.25, 0.3) is 0 Å². The third-order valence-electron chi connectivity index (χ3n) is 5.35. The van der Waals surface area contributed by atoms with E-state index < -0.39 is 0 Å². The lowest BCUT2D eigenvalue weighted by atomic mass is 9.84. The number of furan rings is 1. The van der Waals surface area contributed by atoms with Crippen LogP contribution in [0, 0.1) is 5.92 Å². The van der Waals surface area contributed by atoms with Crippen LogP contribution in [0.1, 0.15) is 44.6 Å². The van der Waals surface area contributed by atoms with Gasteiger partial charge in [-0.1, -0.05) is 6.42 Å². The van der Waals surface area contributed by atoms with Gasteiger partial charge < -0.3 is 18.8 Å². The summed E-state index contributed by atoms with van der Waals surface area (Å²) in [5.41, 5.74) is 1.04. The molecule has 0 aromatic carbocycles. The molecule has 1 aliphatic rings. The van der Waals surface area contributed by atoms with Crippen molar-refractivity contribution in [1.82, 2.24) is 14.4 Å². The van der Waals surface area contributed by atoms with E-state index in [0.29, 0.717) is 13.1 Å². The standard InChI is InChI=1S/C21H29N3O3/c1-16(2)24(21(26)17-7-4-8-17)15-20(25)23(14-19-10-6-12-27-19)13-18-9-5-11-22(18)3/h5-6,9-12,16-17H,4,7-8,13-15H2,1-3H3. The second-order valence-electron chi connectivity index (χ2n) is 7.63. The maximum atomic E-state index is 13.1. The number of nitrogens with zero attached hydrogens (tertiary/aromatic N) is 3. The molecule has 1 aliphatic carbocycles. The zero-order chi connectivity index (χ0) is 19.4. The van der Waals surface area contributed by atoms with Gasteiger partial charge in [-0.25, -0.2) is 0 Å². The molecule has 0 aliphatic heterocycles. The SMILES string of the molecule is CC(C)N(CC(=O)N(Cc1ccco1)Cc1cccn1C)C(=O)C1CCC1. The molecule has 2 amide bonds. The zero-order valence-corrected chi connectivity index (χ0v) is 16.4. The summed E-state index contributed by atoms with van der Waals surface area (Å²) in [7, 11) is 1.96. The normalized spacial score (nSPS) is 14.2. The molecule has 2 aromatic heterocycles. The van der Waals surface area contributed by atoms with E-state index >= 15 is 0 Å². The van der Waals surface area contributed by atoms with E-state index in [1.807, 2.05) is 55.9 Å². The molecule has 27 heavy (non-hydrogen) atoms. The van der Waals surface area contributed by atoms with Gasteiger partial charge in [0.05, 0.1) is 19.4 Å². The van der Waals surface area contributed by atoms with E-state index in [1.54, 1.807) is 16.1 Å². The van der Waals surface area contributed by atoms with Crippen molar-refractivity contribution in [2.24, 2.45) is 13.0 Å². The van der Waals surface area contributed by atoms with Gasteiger partial charge >= 0.3 is 0 Å². The molecule has 0 spiro atoms. The molecule has 0 atom stereocenters. The number of aromatic nitrogens is 1. The zero-order valence-electron chi connectivity index (χ0n) is 16.4. The van der Waals surface area contributed by atoms with Crippen molar-refractivity contribution in [3.8, 4) is 0 Å². The largest absolute Gasteiger partial charge is 0.467 e. The minimum Gasteiger partial charge on any atom is -0.467 e. The average Bonchev–Trinajstić information content (AvgIpc) is 3.22. The summed E-state index contributed by atoms with van der Waals surface area (Å²) in [4.78, 5) is 29.4. The van der Waals surface area contributed by atoms with Crippen LogP contribution in [-0.4, -0.2) is 38.8 Å². The monoisotopic (exact) mass is 371 g/mol. The van der Waals surface area contributed by atoms with Crippen LogP contribution in [0.2, 0.25) is 0 Å². The first-order valence-corrected chi connectivity index (χ1v) is 9.66. The van der Waals surface area contributed by atoms with Crippen LogP contribution in [0.3, 0.4) is 0 Å². The van der Waals surface area contributed by atoms with E-state index in [2.05, 4.69) is 0 Å². The minimum atomic E-state index is -0.0611. The summed E-state index contributed by atoms with van der Waals surface area (Å²) in [6.45, 7) is 4.92. The predicted octanol–water partition coefficient (Wildman–Crippen LogP) is 3.18. The van der Waals surface area contributed by atoms with Crippen molar-refractivity contribution in [1.29, 1.82) is 0 Å². The van der Waals surface area contributed by atoms with Crippen LogP contribution >= 0.6 is 0 Å². The van der Waals surface area contributed by atoms with Crippen molar-refractivity contribution in [2.75, 3.05) is 6.54 Å². The molecule has 0 saturated heterocycles. The Morgan fingerprint density at radius 1 is 1.22 bits per heavy atom. The third kappa shape index (κ3) is 4.62. The van der Waals surface area contributed by atoms with E-state index in [0.717, 1.165) is 30.7 Å². The Labute approximate surface area is 160 Å². The first-order valence-electron chi connectivity index (χ1n) is 9.66. The van der Waals surface area contributed by atoms with Crippen molar-refractivity contribution in [2.45, 2.75) is 52.2 Å². The van der Waals surface area contributed by atoms with Crippen molar-refractivity contribution in [3.63, 3.8) is 0 Å². The molecule has 6 nitrogen and oxygen atoms in total. The third-order valence-corrected chi connectivity index (χ3v) is 5.35. The van der Waals surface area contributed by atoms with Crippen LogP contribution < -0.4 is 0 Å². The maximum Gasteiger partial charge on any atom is 0.242 e. The number of amides is 2. The molecule has 3 rings (SSSR count). The van der Waals surface area contributed by atoms with Gasteiger partial charge in [-0.05, 0) is 51.0 Å². The first-order chi connectivity index (χ1) is 13.0. The Kier molecular flexibility index (Phi) is 6.04. The average molecular weight is 371 g/mol. The molecule has 1 fully saturated rings. The Bertz CT molecular complexity index is 759. The van der Waals surface area contributed by atoms with Crippen molar-refractivity contribution < 1.29 is 14.0 Å². The Morgan fingerprint density at radius 3 is 2.52 bits per heavy atom. The van der Waals surface area contributed by atoms with Gasteiger partial charge in [0, 0.05) is 30.9 Å². The lowest BCUT2D eigenvalue weighted by Gasteiger charge is -2.35. The smallest absolute Gasteiger partial charge is 0.242 e. The molecular formula is C21H29N3O3. The summed E-state index contributed by atoms with van der Waals surface area (Å²) in [5, 5.41) is 0. The lowest BCUT2D eigenvalue weighted by Crippen LogP contribution is -2.48. The molecule has 6 heteroatoms. The number of aryl methyl sites for hydroxylation is 1. The molecule has 0 bridgehead atoms. The number of carbonyl (C=O) groups is 2. The van der Waals surface area contributed by atoms with Gasteiger partial charge in [0.2, 0.25) is 11.8 Å². The fourth-order valence-electron chi connectivity index (χ4n) is 3.33. The van der Waals surface area contributed by atoms with Gasteiger partial charge in [0.1, 0.15) is 12.3 Å². The van der Waals surface area contributed by atoms with E-state index in [4.69, 9.17) is 4.42 Å². The summed E-state index contributed by atoms with van der Waals surface area (Å²) in [6.07, 6.45) is 6.56. The van der Waals surface area contributed by atoms with E-state index in [1.165, 1.54) is 0 Å². The molecule has 0 radical (unpaired) electrons. The molecule has 146 valence electrons. The summed E-state index contributed by atoms with van der Waals surface area (Å²) in [5.74, 6) is 0.876. The number of rotatable bonds is 8. The second-order valence-corrected chi connectivity index (χ2v) is 7.63. The first kappa shape index (κ1) is 19.3. The number of hydrogen-bond acceptors (Lipinski definition) is 3.